The van der Waals surface area contributed by atoms with Crippen LogP contribution in [0.5, 0.6) is 0 Å². The van der Waals surface area contributed by atoms with Gasteiger partial charge in [0.15, 0.2) is 0 Å². The quantitative estimate of drug-likeness (QED) is 0.669. The van der Waals surface area contributed by atoms with Crippen LogP contribution in [0.4, 0.5) is 0 Å². The first-order chi connectivity index (χ1) is 13.1. The van der Waals surface area contributed by atoms with Gasteiger partial charge in [-0.15, -0.1) is 0 Å². The summed E-state index contributed by atoms with van der Waals surface area (Å²) in [7, 11) is 4.11. The Labute approximate surface area is 160 Å². The molecule has 0 unspecified atom stereocenters. The number of aromatic nitrogens is 2. The molecule has 0 atom stereocenters. The number of rotatable bonds is 8. The number of imidazole rings is 1. The Morgan fingerprint density at radius 3 is 2.15 bits per heavy atom. The zero-order chi connectivity index (χ0) is 19.2. The summed E-state index contributed by atoms with van der Waals surface area (Å²) in [6.45, 7) is 1.09. The lowest BCUT2D eigenvalue weighted by molar-refractivity contribution is -0.118. The maximum atomic E-state index is 11.8. The van der Waals surface area contributed by atoms with Gasteiger partial charge in [0.05, 0.1) is 11.4 Å². The minimum atomic E-state index is -0.363. The first kappa shape index (κ1) is 18.9. The second-order valence-electron chi connectivity index (χ2n) is 6.92. The first-order valence-corrected chi connectivity index (χ1v) is 9.19. The lowest BCUT2D eigenvalue weighted by Gasteiger charge is -2.13. The molecule has 0 saturated carbocycles. The minimum Gasteiger partial charge on any atom is -0.368 e. The second kappa shape index (κ2) is 8.64. The van der Waals surface area contributed by atoms with E-state index >= 15 is 0 Å². The van der Waals surface area contributed by atoms with Crippen molar-refractivity contribution in [1.29, 1.82) is 0 Å². The topological polar surface area (TPSA) is 64.2 Å². The van der Waals surface area contributed by atoms with Gasteiger partial charge in [0.2, 0.25) is 5.91 Å². The third-order valence-electron chi connectivity index (χ3n) is 4.46. The Kier molecular flexibility index (Phi) is 6.04. The highest BCUT2D eigenvalue weighted by Gasteiger charge is 2.20. The third-order valence-corrected chi connectivity index (χ3v) is 4.46. The summed E-state index contributed by atoms with van der Waals surface area (Å²) in [5.74, 6) is 0.534. The van der Waals surface area contributed by atoms with Crippen LogP contribution in [0.1, 0.15) is 12.2 Å². The van der Waals surface area contributed by atoms with Crippen molar-refractivity contribution >= 4 is 5.91 Å². The van der Waals surface area contributed by atoms with Crippen molar-refractivity contribution in [3.05, 3.63) is 66.5 Å². The summed E-state index contributed by atoms with van der Waals surface area (Å²) in [6, 6.07) is 20.2. The van der Waals surface area contributed by atoms with E-state index in [1.165, 1.54) is 0 Å². The lowest BCUT2D eigenvalue weighted by Crippen LogP contribution is -2.21. The van der Waals surface area contributed by atoms with Crippen LogP contribution >= 0.6 is 0 Å². The number of benzene rings is 2. The standard InChI is InChI=1S/C22H26N4O/c1-25(2)15-9-14-20-24-21(17-10-5-3-6-11-17)22(26(20)16-19(23)27)18-12-7-4-8-13-18/h3-8,10-13H,9,14-16H2,1-2H3,(H2,23,27). The van der Waals surface area contributed by atoms with Gasteiger partial charge in [-0.1, -0.05) is 60.7 Å². The van der Waals surface area contributed by atoms with Crippen molar-refractivity contribution in [2.24, 2.45) is 5.73 Å². The van der Waals surface area contributed by atoms with Crippen LogP contribution in [-0.4, -0.2) is 41.0 Å². The van der Waals surface area contributed by atoms with E-state index < -0.39 is 0 Å². The number of hydrogen-bond acceptors (Lipinski definition) is 3. The molecule has 0 fully saturated rings. The van der Waals surface area contributed by atoms with Gasteiger partial charge in [0.1, 0.15) is 12.4 Å². The minimum absolute atomic E-state index is 0.126. The number of carbonyl (C=O) groups excluding carboxylic acids is 1. The molecule has 5 heteroatoms. The lowest BCUT2D eigenvalue weighted by atomic mass is 10.0. The Balaban J connectivity index is 2.13. The molecular formula is C22H26N4O. The van der Waals surface area contributed by atoms with Crippen molar-refractivity contribution < 1.29 is 4.79 Å². The highest BCUT2D eigenvalue weighted by Crippen LogP contribution is 2.33. The normalized spacial score (nSPS) is 11.1. The maximum Gasteiger partial charge on any atom is 0.237 e. The Morgan fingerprint density at radius 1 is 1.00 bits per heavy atom. The van der Waals surface area contributed by atoms with Crippen LogP contribution in [-0.2, 0) is 17.8 Å². The number of aryl methyl sites for hydroxylation is 1. The van der Waals surface area contributed by atoms with E-state index in [2.05, 4.69) is 19.0 Å². The van der Waals surface area contributed by atoms with Gasteiger partial charge in [-0.2, -0.15) is 0 Å². The average Bonchev–Trinajstić information content (AvgIpc) is 3.00. The van der Waals surface area contributed by atoms with Crippen LogP contribution < -0.4 is 5.73 Å². The van der Waals surface area contributed by atoms with Gasteiger partial charge in [-0.05, 0) is 27.1 Å². The molecule has 0 aliphatic rings. The Bertz CT molecular complexity index is 885. The molecular weight excluding hydrogens is 336 g/mol. The van der Waals surface area contributed by atoms with E-state index in [9.17, 15) is 4.79 Å². The van der Waals surface area contributed by atoms with Crippen molar-refractivity contribution in [2.45, 2.75) is 19.4 Å². The van der Waals surface area contributed by atoms with E-state index in [0.29, 0.717) is 0 Å². The molecule has 0 aliphatic heterocycles. The molecule has 2 N–H and O–H groups in total. The number of nitrogens with zero attached hydrogens (tertiary/aromatic N) is 3. The molecule has 3 aromatic rings. The van der Waals surface area contributed by atoms with Crippen LogP contribution in [0.2, 0.25) is 0 Å². The molecule has 2 aromatic carbocycles. The van der Waals surface area contributed by atoms with E-state index in [0.717, 1.165) is 47.7 Å². The molecule has 27 heavy (non-hydrogen) atoms. The summed E-state index contributed by atoms with van der Waals surface area (Å²) in [4.78, 5) is 18.9. The molecule has 140 valence electrons. The predicted molar refractivity (Wildman–Crippen MR) is 109 cm³/mol. The van der Waals surface area contributed by atoms with Crippen molar-refractivity contribution in [3.63, 3.8) is 0 Å². The maximum absolute atomic E-state index is 11.8. The summed E-state index contributed by atoms with van der Waals surface area (Å²) < 4.78 is 1.98. The SMILES string of the molecule is CN(C)CCCc1nc(-c2ccccc2)c(-c2ccccc2)n1CC(N)=O. The molecule has 5 nitrogen and oxygen atoms in total. The summed E-state index contributed by atoms with van der Waals surface area (Å²) in [5, 5.41) is 0. The molecule has 0 radical (unpaired) electrons. The molecule has 0 saturated heterocycles. The Hall–Kier alpha value is -2.92. The molecule has 0 aliphatic carbocycles. The number of nitrogens with two attached hydrogens (primary N) is 1. The fourth-order valence-electron chi connectivity index (χ4n) is 3.26. The highest BCUT2D eigenvalue weighted by atomic mass is 16.1. The van der Waals surface area contributed by atoms with Crippen LogP contribution in [0, 0.1) is 0 Å². The largest absolute Gasteiger partial charge is 0.368 e. The average molecular weight is 362 g/mol. The first-order valence-electron chi connectivity index (χ1n) is 9.19. The zero-order valence-electron chi connectivity index (χ0n) is 15.9. The van der Waals surface area contributed by atoms with E-state index in [-0.39, 0.29) is 12.5 Å². The van der Waals surface area contributed by atoms with Gasteiger partial charge < -0.3 is 15.2 Å². The highest BCUT2D eigenvalue weighted by molar-refractivity contribution is 5.81. The zero-order valence-corrected chi connectivity index (χ0v) is 15.9. The number of amides is 1. The summed E-state index contributed by atoms with van der Waals surface area (Å²) in [6.07, 6.45) is 1.75. The van der Waals surface area contributed by atoms with E-state index in [4.69, 9.17) is 10.7 Å². The molecule has 1 amide bonds. The van der Waals surface area contributed by atoms with Crippen molar-refractivity contribution in [3.8, 4) is 22.5 Å². The number of primary amides is 1. The molecule has 1 heterocycles. The summed E-state index contributed by atoms with van der Waals surface area (Å²) >= 11 is 0. The van der Waals surface area contributed by atoms with Gasteiger partial charge >= 0.3 is 0 Å². The second-order valence-corrected chi connectivity index (χ2v) is 6.92. The van der Waals surface area contributed by atoms with E-state index in [1.807, 2.05) is 65.2 Å². The third kappa shape index (κ3) is 4.63. The van der Waals surface area contributed by atoms with Crippen LogP contribution in [0.25, 0.3) is 22.5 Å². The van der Waals surface area contributed by atoms with Gasteiger partial charge in [0, 0.05) is 17.5 Å². The molecule has 3 rings (SSSR count). The molecule has 1 aromatic heterocycles. The fourth-order valence-corrected chi connectivity index (χ4v) is 3.26. The van der Waals surface area contributed by atoms with Crippen LogP contribution in [0.15, 0.2) is 60.7 Å². The van der Waals surface area contributed by atoms with Gasteiger partial charge in [-0.25, -0.2) is 4.98 Å². The number of hydrogen-bond donors (Lipinski definition) is 1. The monoisotopic (exact) mass is 362 g/mol. The predicted octanol–water partition coefficient (Wildman–Crippen LogP) is 3.20. The van der Waals surface area contributed by atoms with Crippen molar-refractivity contribution in [1.82, 2.24) is 14.5 Å². The number of carbonyl (C=O) groups is 1. The summed E-state index contributed by atoms with van der Waals surface area (Å²) in [5.41, 5.74) is 9.47. The Morgan fingerprint density at radius 2 is 1.59 bits per heavy atom. The van der Waals surface area contributed by atoms with Gasteiger partial charge in [0.25, 0.3) is 0 Å². The van der Waals surface area contributed by atoms with Gasteiger partial charge in [-0.3, -0.25) is 4.79 Å². The molecule has 0 bridgehead atoms. The van der Waals surface area contributed by atoms with Crippen LogP contribution in [0.3, 0.4) is 0 Å². The fraction of sp³-hybridized carbons (Fsp3) is 0.273. The molecule has 0 spiro atoms. The smallest absolute Gasteiger partial charge is 0.237 e. The van der Waals surface area contributed by atoms with Crippen molar-refractivity contribution in [2.75, 3.05) is 20.6 Å². The van der Waals surface area contributed by atoms with E-state index in [1.54, 1.807) is 0 Å².